The monoisotopic (exact) mass is 427 g/mol. The average Bonchev–Trinajstić information content (AvgIpc) is 3.24. The number of hydrogen-bond acceptors (Lipinski definition) is 3. The highest BCUT2D eigenvalue weighted by Crippen LogP contribution is 2.58. The maximum absolute atomic E-state index is 13.2. The van der Waals surface area contributed by atoms with E-state index in [4.69, 9.17) is 23.2 Å². The third kappa shape index (κ3) is 3.16. The van der Waals surface area contributed by atoms with Crippen molar-refractivity contribution in [2.45, 2.75) is 36.3 Å². The van der Waals surface area contributed by atoms with Gasteiger partial charge in [-0.1, -0.05) is 23.2 Å². The molecule has 1 aliphatic rings. The zero-order chi connectivity index (χ0) is 19.5. The van der Waals surface area contributed by atoms with Gasteiger partial charge in [0, 0.05) is 18.1 Å². The van der Waals surface area contributed by atoms with Gasteiger partial charge in [-0.2, -0.15) is 18.3 Å². The van der Waals surface area contributed by atoms with Crippen molar-refractivity contribution in [1.29, 1.82) is 0 Å². The third-order valence-electron chi connectivity index (χ3n) is 4.40. The Kier molecular flexibility index (Phi) is 4.48. The molecule has 1 N–H and O–H groups in total. The molecule has 142 valence electrons. The largest absolute Gasteiger partial charge is 0.400 e. The predicted molar refractivity (Wildman–Crippen MR) is 92.2 cm³/mol. The lowest BCUT2D eigenvalue weighted by molar-refractivity contribution is -0.161. The summed E-state index contributed by atoms with van der Waals surface area (Å²) in [5, 5.41) is 4.07. The van der Waals surface area contributed by atoms with Crippen LogP contribution in [0, 0.1) is 6.92 Å². The van der Waals surface area contributed by atoms with Crippen molar-refractivity contribution in [1.82, 2.24) is 9.78 Å². The molecule has 1 saturated carbocycles. The molecule has 2 aromatic rings. The fourth-order valence-corrected chi connectivity index (χ4v) is 4.55. The molecule has 0 amide bonds. The van der Waals surface area contributed by atoms with E-state index in [2.05, 4.69) is 9.82 Å². The van der Waals surface area contributed by atoms with Crippen LogP contribution in [0.2, 0.25) is 10.0 Å². The minimum absolute atomic E-state index is 0.0675. The molecule has 1 fully saturated rings. The van der Waals surface area contributed by atoms with E-state index in [-0.39, 0.29) is 34.3 Å². The van der Waals surface area contributed by atoms with Crippen molar-refractivity contribution in [3.8, 4) is 0 Å². The molecule has 0 aliphatic heterocycles. The summed E-state index contributed by atoms with van der Waals surface area (Å²) in [5.74, 6) is -0.0841. The van der Waals surface area contributed by atoms with E-state index in [0.717, 1.165) is 10.7 Å². The van der Waals surface area contributed by atoms with Gasteiger partial charge in [0.25, 0.3) is 10.0 Å². The first-order chi connectivity index (χ1) is 11.9. The number of rotatable bonds is 4. The number of aryl methyl sites for hydroxylation is 2. The van der Waals surface area contributed by atoms with Crippen LogP contribution < -0.4 is 4.72 Å². The molecule has 26 heavy (non-hydrogen) atoms. The van der Waals surface area contributed by atoms with Crippen LogP contribution in [-0.2, 0) is 22.5 Å². The number of anilines is 1. The van der Waals surface area contributed by atoms with Gasteiger partial charge in [-0.25, -0.2) is 8.42 Å². The molecule has 1 aromatic carbocycles. The smallest absolute Gasteiger partial charge is 0.264 e. The third-order valence-corrected chi connectivity index (χ3v) is 6.63. The molecule has 0 unspecified atom stereocenters. The fraction of sp³-hybridized carbons (Fsp3) is 0.400. The van der Waals surface area contributed by atoms with Crippen LogP contribution in [0.4, 0.5) is 19.0 Å². The second kappa shape index (κ2) is 6.03. The minimum atomic E-state index is -4.44. The van der Waals surface area contributed by atoms with E-state index in [1.165, 1.54) is 19.2 Å². The van der Waals surface area contributed by atoms with Gasteiger partial charge >= 0.3 is 6.18 Å². The Labute approximate surface area is 158 Å². The molecule has 1 aliphatic carbocycles. The van der Waals surface area contributed by atoms with E-state index in [1.54, 1.807) is 6.92 Å². The molecule has 1 aromatic heterocycles. The fourth-order valence-electron chi connectivity index (χ4n) is 2.64. The Bertz CT molecular complexity index is 983. The number of halogens is 5. The van der Waals surface area contributed by atoms with Crippen LogP contribution in [0.25, 0.3) is 0 Å². The number of hydrogen-bond donors (Lipinski definition) is 1. The van der Waals surface area contributed by atoms with E-state index < -0.39 is 21.6 Å². The minimum Gasteiger partial charge on any atom is -0.264 e. The summed E-state index contributed by atoms with van der Waals surface area (Å²) in [6.07, 6.45) is -4.57. The van der Waals surface area contributed by atoms with Crippen molar-refractivity contribution < 1.29 is 21.6 Å². The van der Waals surface area contributed by atoms with Crippen LogP contribution in [0.1, 0.15) is 24.1 Å². The summed E-state index contributed by atoms with van der Waals surface area (Å²) in [7, 11) is -2.77. The van der Waals surface area contributed by atoms with Crippen molar-refractivity contribution >= 4 is 39.0 Å². The highest BCUT2D eigenvalue weighted by atomic mass is 35.5. The first-order valence-corrected chi connectivity index (χ1v) is 9.71. The van der Waals surface area contributed by atoms with Crippen molar-refractivity contribution in [3.05, 3.63) is 39.5 Å². The second-order valence-electron chi connectivity index (χ2n) is 6.26. The number of sulfonamides is 1. The lowest BCUT2D eigenvalue weighted by Gasteiger charge is -2.16. The van der Waals surface area contributed by atoms with Crippen molar-refractivity contribution in [2.75, 3.05) is 4.72 Å². The maximum Gasteiger partial charge on any atom is 0.400 e. The Morgan fingerprint density at radius 3 is 2.35 bits per heavy atom. The number of alkyl halides is 3. The standard InChI is InChI=1S/C15H14Cl2F3N3O2S/c1-8-5-11(10(17)6-9(8)16)26(24,25)22-13-7-12(21-23(13)2)14(3-4-14)15(18,19)20/h5-7,22H,3-4H2,1-2H3. The van der Waals surface area contributed by atoms with Gasteiger partial charge in [0.1, 0.15) is 16.1 Å². The molecule has 5 nitrogen and oxygen atoms in total. The van der Waals surface area contributed by atoms with Gasteiger partial charge in [-0.05, 0) is 37.5 Å². The zero-order valence-corrected chi connectivity index (χ0v) is 16.0. The Hall–Kier alpha value is -1.45. The SMILES string of the molecule is Cc1cc(S(=O)(=O)Nc2cc(C3(C(F)(F)F)CC3)nn2C)c(Cl)cc1Cl. The molecule has 3 rings (SSSR count). The number of aromatic nitrogens is 2. The van der Waals surface area contributed by atoms with Crippen LogP contribution >= 0.6 is 23.2 Å². The number of nitrogens with one attached hydrogen (secondary N) is 1. The predicted octanol–water partition coefficient (Wildman–Crippen LogP) is 4.43. The maximum atomic E-state index is 13.2. The molecular formula is C15H14Cl2F3N3O2S. The molecule has 0 bridgehead atoms. The number of benzene rings is 1. The van der Waals surface area contributed by atoms with Gasteiger partial charge in [0.05, 0.1) is 10.7 Å². The molecule has 0 radical (unpaired) electrons. The van der Waals surface area contributed by atoms with Gasteiger partial charge in [-0.3, -0.25) is 9.40 Å². The lowest BCUT2D eigenvalue weighted by Crippen LogP contribution is -2.29. The lowest BCUT2D eigenvalue weighted by atomic mass is 10.0. The average molecular weight is 428 g/mol. The quantitative estimate of drug-likeness (QED) is 0.784. The zero-order valence-electron chi connectivity index (χ0n) is 13.7. The van der Waals surface area contributed by atoms with Crippen LogP contribution in [0.3, 0.4) is 0 Å². The van der Waals surface area contributed by atoms with Gasteiger partial charge in [0.2, 0.25) is 0 Å². The van der Waals surface area contributed by atoms with Gasteiger partial charge in [-0.15, -0.1) is 0 Å². The first kappa shape index (κ1) is 19.3. The molecule has 0 saturated heterocycles. The van der Waals surface area contributed by atoms with E-state index in [0.29, 0.717) is 10.6 Å². The second-order valence-corrected chi connectivity index (χ2v) is 8.72. The summed E-state index contributed by atoms with van der Waals surface area (Å²) in [6.45, 7) is 1.61. The van der Waals surface area contributed by atoms with Crippen LogP contribution in [-0.4, -0.2) is 24.4 Å². The van der Waals surface area contributed by atoms with E-state index >= 15 is 0 Å². The van der Waals surface area contributed by atoms with Crippen molar-refractivity contribution in [3.63, 3.8) is 0 Å². The summed E-state index contributed by atoms with van der Waals surface area (Å²) >= 11 is 11.9. The Morgan fingerprint density at radius 2 is 1.81 bits per heavy atom. The van der Waals surface area contributed by atoms with Gasteiger partial charge < -0.3 is 0 Å². The van der Waals surface area contributed by atoms with Gasteiger partial charge in [0.15, 0.2) is 0 Å². The first-order valence-electron chi connectivity index (χ1n) is 7.47. The topological polar surface area (TPSA) is 64.0 Å². The highest BCUT2D eigenvalue weighted by molar-refractivity contribution is 7.92. The number of nitrogens with zero attached hydrogens (tertiary/aromatic N) is 2. The van der Waals surface area contributed by atoms with E-state index in [9.17, 15) is 21.6 Å². The summed E-state index contributed by atoms with van der Waals surface area (Å²) in [4.78, 5) is -0.222. The molecule has 11 heteroatoms. The Balaban J connectivity index is 1.96. The summed E-state index contributed by atoms with van der Waals surface area (Å²) in [6, 6.07) is 3.70. The molecule has 0 atom stereocenters. The molecule has 1 heterocycles. The highest BCUT2D eigenvalue weighted by Gasteiger charge is 2.65. The van der Waals surface area contributed by atoms with Crippen LogP contribution in [0.5, 0.6) is 0 Å². The van der Waals surface area contributed by atoms with Crippen molar-refractivity contribution in [2.24, 2.45) is 7.05 Å². The molecular weight excluding hydrogens is 414 g/mol. The van der Waals surface area contributed by atoms with Crippen LogP contribution in [0.15, 0.2) is 23.1 Å². The Morgan fingerprint density at radius 1 is 1.19 bits per heavy atom. The summed E-state index contributed by atoms with van der Waals surface area (Å²) < 4.78 is 68.2. The summed E-state index contributed by atoms with van der Waals surface area (Å²) in [5.41, 5.74) is -1.71. The van der Waals surface area contributed by atoms with E-state index in [1.807, 2.05) is 0 Å². The normalized spacial score (nSPS) is 16.6. The molecule has 0 spiro atoms.